The molecule has 0 saturated carbocycles. The molecular weight excluding hydrogens is 282 g/mol. The van der Waals surface area contributed by atoms with Crippen LogP contribution in [-0.2, 0) is 7.05 Å². The number of benzene rings is 1. The number of nitrogens with one attached hydrogen (secondary N) is 1. The van der Waals surface area contributed by atoms with Gasteiger partial charge in [0.05, 0.1) is 22.7 Å². The molecule has 1 atom stereocenters. The molecule has 1 aromatic heterocycles. The summed E-state index contributed by atoms with van der Waals surface area (Å²) >= 11 is 0. The lowest BCUT2D eigenvalue weighted by molar-refractivity contribution is -0.384. The quantitative estimate of drug-likeness (QED) is 0.695. The monoisotopic (exact) mass is 296 g/mol. The molecule has 112 valence electrons. The van der Waals surface area contributed by atoms with Crippen molar-refractivity contribution in [3.63, 3.8) is 0 Å². The van der Waals surface area contributed by atoms with Crippen LogP contribution in [0.2, 0.25) is 0 Å². The fraction of sp³-hybridized carbons (Fsp3) is 0.308. The van der Waals surface area contributed by atoms with Crippen molar-refractivity contribution in [2.24, 2.45) is 7.05 Å². The first-order valence-corrected chi connectivity index (χ1v) is 6.19. The van der Waals surface area contributed by atoms with Gasteiger partial charge >= 0.3 is 0 Å². The Labute approximate surface area is 119 Å². The lowest BCUT2D eigenvalue weighted by Gasteiger charge is -2.15. The highest BCUT2D eigenvalue weighted by Crippen LogP contribution is 2.32. The van der Waals surface area contributed by atoms with Crippen LogP contribution in [0.4, 0.5) is 20.2 Å². The van der Waals surface area contributed by atoms with E-state index in [9.17, 15) is 18.9 Å². The van der Waals surface area contributed by atoms with Crippen LogP contribution in [0.3, 0.4) is 0 Å². The van der Waals surface area contributed by atoms with Crippen molar-refractivity contribution >= 4 is 11.4 Å². The Morgan fingerprint density at radius 2 is 2.10 bits per heavy atom. The summed E-state index contributed by atoms with van der Waals surface area (Å²) in [6, 6.07) is 0.879. The third-order valence-corrected chi connectivity index (χ3v) is 3.11. The standard InChI is InChI=1S/C13H14F2N4O2/c1-7(10-6-18(3)17-8(10)2)16-13-11(15)4-9(14)5-12(13)19(20)21/h4-7,16H,1-3H3. The zero-order valence-electron chi connectivity index (χ0n) is 11.7. The van der Waals surface area contributed by atoms with E-state index in [0.29, 0.717) is 12.1 Å². The van der Waals surface area contributed by atoms with Gasteiger partial charge in [0.1, 0.15) is 11.5 Å². The first-order chi connectivity index (χ1) is 9.79. The Hall–Kier alpha value is -2.51. The van der Waals surface area contributed by atoms with Crippen molar-refractivity contribution in [1.82, 2.24) is 9.78 Å². The molecule has 0 aliphatic carbocycles. The average Bonchev–Trinajstić information content (AvgIpc) is 2.71. The van der Waals surface area contributed by atoms with Gasteiger partial charge in [-0.2, -0.15) is 5.10 Å². The fourth-order valence-electron chi connectivity index (χ4n) is 2.18. The average molecular weight is 296 g/mol. The molecule has 1 heterocycles. The zero-order chi connectivity index (χ0) is 15.7. The molecule has 0 spiro atoms. The molecule has 8 heteroatoms. The maximum Gasteiger partial charge on any atom is 0.298 e. The van der Waals surface area contributed by atoms with Gasteiger partial charge in [-0.25, -0.2) is 8.78 Å². The van der Waals surface area contributed by atoms with E-state index in [1.807, 2.05) is 0 Å². The normalized spacial score (nSPS) is 12.2. The van der Waals surface area contributed by atoms with Crippen molar-refractivity contribution in [3.8, 4) is 0 Å². The highest BCUT2D eigenvalue weighted by atomic mass is 19.1. The van der Waals surface area contributed by atoms with Crippen LogP contribution >= 0.6 is 0 Å². The van der Waals surface area contributed by atoms with Crippen LogP contribution in [0.1, 0.15) is 24.2 Å². The number of rotatable bonds is 4. The van der Waals surface area contributed by atoms with Crippen molar-refractivity contribution in [2.75, 3.05) is 5.32 Å². The molecular formula is C13H14F2N4O2. The van der Waals surface area contributed by atoms with Crippen molar-refractivity contribution in [1.29, 1.82) is 0 Å². The van der Waals surface area contributed by atoms with Crippen LogP contribution in [0.15, 0.2) is 18.3 Å². The van der Waals surface area contributed by atoms with E-state index in [4.69, 9.17) is 0 Å². The minimum Gasteiger partial charge on any atom is -0.370 e. The molecule has 0 amide bonds. The van der Waals surface area contributed by atoms with E-state index in [-0.39, 0.29) is 5.69 Å². The summed E-state index contributed by atoms with van der Waals surface area (Å²) in [7, 11) is 1.74. The highest BCUT2D eigenvalue weighted by Gasteiger charge is 2.23. The Bertz CT molecular complexity index is 700. The smallest absolute Gasteiger partial charge is 0.298 e. The van der Waals surface area contributed by atoms with Gasteiger partial charge in [0.25, 0.3) is 5.69 Å². The maximum absolute atomic E-state index is 13.8. The minimum atomic E-state index is -1.00. The van der Waals surface area contributed by atoms with Gasteiger partial charge in [-0.15, -0.1) is 0 Å². The maximum atomic E-state index is 13.8. The molecule has 6 nitrogen and oxygen atoms in total. The van der Waals surface area contributed by atoms with Crippen molar-refractivity contribution in [2.45, 2.75) is 19.9 Å². The number of aryl methyl sites for hydroxylation is 2. The summed E-state index contributed by atoms with van der Waals surface area (Å²) < 4.78 is 28.5. The second kappa shape index (κ2) is 5.47. The van der Waals surface area contributed by atoms with E-state index in [2.05, 4.69) is 10.4 Å². The van der Waals surface area contributed by atoms with Gasteiger partial charge < -0.3 is 5.32 Å². The molecule has 2 rings (SSSR count). The molecule has 0 fully saturated rings. The van der Waals surface area contributed by atoms with Gasteiger partial charge in [-0.05, 0) is 13.8 Å². The minimum absolute atomic E-state index is 0.336. The summed E-state index contributed by atoms with van der Waals surface area (Å²) in [6.45, 7) is 3.50. The van der Waals surface area contributed by atoms with Crippen LogP contribution in [0.25, 0.3) is 0 Å². The molecule has 1 aromatic carbocycles. The van der Waals surface area contributed by atoms with Gasteiger partial charge in [0, 0.05) is 24.9 Å². The van der Waals surface area contributed by atoms with Crippen molar-refractivity contribution in [3.05, 3.63) is 51.3 Å². The molecule has 0 aliphatic heterocycles. The SMILES string of the molecule is Cc1nn(C)cc1C(C)Nc1c(F)cc(F)cc1[N+](=O)[O-]. The molecule has 0 radical (unpaired) electrons. The molecule has 21 heavy (non-hydrogen) atoms. The van der Waals surface area contributed by atoms with E-state index >= 15 is 0 Å². The van der Waals surface area contributed by atoms with Gasteiger partial charge in [0.15, 0.2) is 5.82 Å². The molecule has 2 aromatic rings. The largest absolute Gasteiger partial charge is 0.370 e. The first kappa shape index (κ1) is 14.9. The van der Waals surface area contributed by atoms with Crippen LogP contribution in [0.5, 0.6) is 0 Å². The Morgan fingerprint density at radius 1 is 1.43 bits per heavy atom. The third kappa shape index (κ3) is 2.99. The summed E-state index contributed by atoms with van der Waals surface area (Å²) in [6.07, 6.45) is 1.74. The molecule has 0 bridgehead atoms. The molecule has 1 N–H and O–H groups in total. The summed E-state index contributed by atoms with van der Waals surface area (Å²) in [5.41, 5.74) is 0.524. The third-order valence-electron chi connectivity index (χ3n) is 3.11. The number of hydrogen-bond acceptors (Lipinski definition) is 4. The van der Waals surface area contributed by atoms with Gasteiger partial charge in [-0.3, -0.25) is 14.8 Å². The Kier molecular flexibility index (Phi) is 3.88. The van der Waals surface area contributed by atoms with E-state index < -0.39 is 28.3 Å². The lowest BCUT2D eigenvalue weighted by Crippen LogP contribution is -2.11. The molecule has 0 saturated heterocycles. The van der Waals surface area contributed by atoms with Crippen LogP contribution in [-0.4, -0.2) is 14.7 Å². The van der Waals surface area contributed by atoms with Gasteiger partial charge in [0.2, 0.25) is 0 Å². The van der Waals surface area contributed by atoms with Crippen LogP contribution < -0.4 is 5.32 Å². The lowest BCUT2D eigenvalue weighted by atomic mass is 10.1. The summed E-state index contributed by atoms with van der Waals surface area (Å²) in [5.74, 6) is -2.00. The number of nitrogens with zero attached hydrogens (tertiary/aromatic N) is 3. The van der Waals surface area contributed by atoms with Gasteiger partial charge in [-0.1, -0.05) is 0 Å². The Morgan fingerprint density at radius 3 is 2.62 bits per heavy atom. The highest BCUT2D eigenvalue weighted by molar-refractivity contribution is 5.63. The molecule has 0 aliphatic rings. The van der Waals surface area contributed by atoms with E-state index in [1.165, 1.54) is 0 Å². The second-order valence-electron chi connectivity index (χ2n) is 4.75. The van der Waals surface area contributed by atoms with E-state index in [1.54, 1.807) is 31.8 Å². The Balaban J connectivity index is 2.39. The predicted molar refractivity (Wildman–Crippen MR) is 73.0 cm³/mol. The summed E-state index contributed by atoms with van der Waals surface area (Å²) in [5, 5.41) is 17.8. The predicted octanol–water partition coefficient (Wildman–Crippen LogP) is 3.09. The zero-order valence-corrected chi connectivity index (χ0v) is 11.7. The number of aromatic nitrogens is 2. The van der Waals surface area contributed by atoms with Crippen LogP contribution in [0, 0.1) is 28.7 Å². The number of hydrogen-bond donors (Lipinski definition) is 1. The number of halogens is 2. The van der Waals surface area contributed by atoms with E-state index in [0.717, 1.165) is 11.3 Å². The first-order valence-electron chi connectivity index (χ1n) is 6.19. The topological polar surface area (TPSA) is 73.0 Å². The second-order valence-corrected chi connectivity index (χ2v) is 4.75. The summed E-state index contributed by atoms with van der Waals surface area (Å²) in [4.78, 5) is 10.1. The number of anilines is 1. The molecule has 1 unspecified atom stereocenters. The number of nitro benzene ring substituents is 1. The number of nitro groups is 1. The van der Waals surface area contributed by atoms with Crippen molar-refractivity contribution < 1.29 is 13.7 Å². The fourth-order valence-corrected chi connectivity index (χ4v) is 2.18.